The van der Waals surface area contributed by atoms with Crippen LogP contribution in [-0.2, 0) is 10.0 Å². The fourth-order valence-corrected chi connectivity index (χ4v) is 4.07. The number of nitrogens with one attached hydrogen (secondary N) is 2. The molecule has 1 heterocycles. The van der Waals surface area contributed by atoms with Crippen LogP contribution in [-0.4, -0.2) is 27.2 Å². The highest BCUT2D eigenvalue weighted by Crippen LogP contribution is 2.31. The standard InChI is InChI=1S/C20H20N2O4S2/c1-3-28(24,25)22-17-10-9-15(13-18(17)26-2)21-20(23)19-16(11-12-27-19)14-7-5-4-6-8-14/h4-13,22H,3H2,1-2H3,(H,21,23). The van der Waals surface area contributed by atoms with Crippen LogP contribution < -0.4 is 14.8 Å². The highest BCUT2D eigenvalue weighted by Gasteiger charge is 2.16. The van der Waals surface area contributed by atoms with Gasteiger partial charge < -0.3 is 10.1 Å². The van der Waals surface area contributed by atoms with Gasteiger partial charge in [-0.15, -0.1) is 11.3 Å². The Bertz CT molecular complexity index is 1080. The fourth-order valence-electron chi connectivity index (χ4n) is 2.61. The number of amides is 1. The number of benzene rings is 2. The minimum Gasteiger partial charge on any atom is -0.494 e. The third-order valence-corrected chi connectivity index (χ3v) is 6.27. The number of methoxy groups -OCH3 is 1. The van der Waals surface area contributed by atoms with Gasteiger partial charge in [0.2, 0.25) is 10.0 Å². The van der Waals surface area contributed by atoms with Gasteiger partial charge in [0.05, 0.1) is 23.4 Å². The molecule has 1 aromatic heterocycles. The van der Waals surface area contributed by atoms with E-state index in [0.717, 1.165) is 11.1 Å². The van der Waals surface area contributed by atoms with Crippen molar-refractivity contribution in [2.75, 3.05) is 22.9 Å². The second-order valence-corrected chi connectivity index (χ2v) is 8.83. The summed E-state index contributed by atoms with van der Waals surface area (Å²) >= 11 is 1.36. The molecule has 0 atom stereocenters. The number of anilines is 2. The van der Waals surface area contributed by atoms with Crippen molar-refractivity contribution in [3.05, 3.63) is 64.9 Å². The summed E-state index contributed by atoms with van der Waals surface area (Å²) in [6.07, 6.45) is 0. The van der Waals surface area contributed by atoms with E-state index in [2.05, 4.69) is 10.0 Å². The summed E-state index contributed by atoms with van der Waals surface area (Å²) in [5, 5.41) is 4.72. The molecule has 0 aliphatic rings. The van der Waals surface area contributed by atoms with E-state index in [1.165, 1.54) is 18.4 Å². The molecule has 6 nitrogen and oxygen atoms in total. The van der Waals surface area contributed by atoms with Crippen molar-refractivity contribution in [1.29, 1.82) is 0 Å². The van der Waals surface area contributed by atoms with Crippen LogP contribution in [0.1, 0.15) is 16.6 Å². The quantitative estimate of drug-likeness (QED) is 0.596. The monoisotopic (exact) mass is 416 g/mol. The average molecular weight is 417 g/mol. The zero-order chi connectivity index (χ0) is 20.1. The summed E-state index contributed by atoms with van der Waals surface area (Å²) < 4.78 is 31.3. The second-order valence-electron chi connectivity index (χ2n) is 5.90. The van der Waals surface area contributed by atoms with Crippen LogP contribution in [0.4, 0.5) is 11.4 Å². The van der Waals surface area contributed by atoms with Crippen LogP contribution in [0, 0.1) is 0 Å². The highest BCUT2D eigenvalue weighted by molar-refractivity contribution is 7.92. The summed E-state index contributed by atoms with van der Waals surface area (Å²) in [4.78, 5) is 13.4. The molecule has 1 amide bonds. The SMILES string of the molecule is CCS(=O)(=O)Nc1ccc(NC(=O)c2sccc2-c2ccccc2)cc1OC. The van der Waals surface area contributed by atoms with Gasteiger partial charge in [0, 0.05) is 17.3 Å². The van der Waals surface area contributed by atoms with Crippen molar-refractivity contribution < 1.29 is 17.9 Å². The van der Waals surface area contributed by atoms with Gasteiger partial charge in [-0.25, -0.2) is 8.42 Å². The van der Waals surface area contributed by atoms with E-state index in [4.69, 9.17) is 4.74 Å². The number of thiophene rings is 1. The van der Waals surface area contributed by atoms with E-state index in [1.807, 2.05) is 41.8 Å². The molecule has 8 heteroatoms. The lowest BCUT2D eigenvalue weighted by Gasteiger charge is -2.13. The first-order chi connectivity index (χ1) is 13.4. The molecule has 0 unspecified atom stereocenters. The summed E-state index contributed by atoms with van der Waals surface area (Å²) in [5.74, 6) is 0.0389. The number of hydrogen-bond donors (Lipinski definition) is 2. The first-order valence-corrected chi connectivity index (χ1v) is 11.1. The van der Waals surface area contributed by atoms with Crippen molar-refractivity contribution in [1.82, 2.24) is 0 Å². The van der Waals surface area contributed by atoms with E-state index in [9.17, 15) is 13.2 Å². The van der Waals surface area contributed by atoms with Crippen LogP contribution in [0.15, 0.2) is 60.0 Å². The maximum Gasteiger partial charge on any atom is 0.266 e. The molecule has 3 aromatic rings. The first-order valence-electron chi connectivity index (χ1n) is 8.56. The zero-order valence-corrected chi connectivity index (χ0v) is 17.1. The van der Waals surface area contributed by atoms with Crippen molar-refractivity contribution in [3.63, 3.8) is 0 Å². The number of hydrogen-bond acceptors (Lipinski definition) is 5. The van der Waals surface area contributed by atoms with Crippen molar-refractivity contribution in [3.8, 4) is 16.9 Å². The topological polar surface area (TPSA) is 84.5 Å². The number of sulfonamides is 1. The van der Waals surface area contributed by atoms with E-state index in [1.54, 1.807) is 25.1 Å². The molecular weight excluding hydrogens is 396 g/mol. The molecule has 0 aliphatic carbocycles. The fraction of sp³-hybridized carbons (Fsp3) is 0.150. The zero-order valence-electron chi connectivity index (χ0n) is 15.4. The molecule has 0 aliphatic heterocycles. The summed E-state index contributed by atoms with van der Waals surface area (Å²) in [6.45, 7) is 1.55. The predicted octanol–water partition coefficient (Wildman–Crippen LogP) is 4.44. The Labute approximate surface area is 168 Å². The van der Waals surface area contributed by atoms with E-state index >= 15 is 0 Å². The third kappa shape index (κ3) is 4.52. The maximum atomic E-state index is 12.8. The smallest absolute Gasteiger partial charge is 0.266 e. The molecule has 3 rings (SSSR count). The number of carbonyl (C=O) groups excluding carboxylic acids is 1. The molecule has 0 spiro atoms. The second kappa shape index (κ2) is 8.45. The van der Waals surface area contributed by atoms with Gasteiger partial charge in [-0.3, -0.25) is 9.52 Å². The van der Waals surface area contributed by atoms with Gasteiger partial charge in [0.1, 0.15) is 5.75 Å². The Morgan fingerprint density at radius 2 is 1.86 bits per heavy atom. The molecule has 28 heavy (non-hydrogen) atoms. The molecule has 0 fully saturated rings. The van der Waals surface area contributed by atoms with Gasteiger partial charge in [-0.1, -0.05) is 30.3 Å². The number of rotatable bonds is 7. The number of carbonyl (C=O) groups is 1. The summed E-state index contributed by atoms with van der Waals surface area (Å²) in [6, 6.07) is 16.4. The molecule has 2 N–H and O–H groups in total. The van der Waals surface area contributed by atoms with E-state index < -0.39 is 10.0 Å². The normalized spacial score (nSPS) is 11.1. The maximum absolute atomic E-state index is 12.8. The molecule has 2 aromatic carbocycles. The van der Waals surface area contributed by atoms with Crippen LogP contribution >= 0.6 is 11.3 Å². The Morgan fingerprint density at radius 1 is 1.11 bits per heavy atom. The Balaban J connectivity index is 1.83. The molecule has 146 valence electrons. The van der Waals surface area contributed by atoms with Gasteiger partial charge >= 0.3 is 0 Å². The van der Waals surface area contributed by atoms with E-state index in [-0.39, 0.29) is 11.7 Å². The van der Waals surface area contributed by atoms with E-state index in [0.29, 0.717) is 22.0 Å². The van der Waals surface area contributed by atoms with Gasteiger partial charge in [-0.05, 0) is 36.1 Å². The lowest BCUT2D eigenvalue weighted by molar-refractivity contribution is 0.103. The Kier molecular flexibility index (Phi) is 6.01. The molecule has 0 saturated heterocycles. The van der Waals surface area contributed by atoms with Crippen LogP contribution in [0.2, 0.25) is 0 Å². The van der Waals surface area contributed by atoms with Crippen molar-refractivity contribution in [2.24, 2.45) is 0 Å². The number of ether oxygens (including phenoxy) is 1. The van der Waals surface area contributed by atoms with Crippen molar-refractivity contribution >= 4 is 38.6 Å². The lowest BCUT2D eigenvalue weighted by atomic mass is 10.1. The minimum atomic E-state index is -3.43. The van der Waals surface area contributed by atoms with Gasteiger partial charge in [0.25, 0.3) is 5.91 Å². The van der Waals surface area contributed by atoms with Crippen LogP contribution in [0.3, 0.4) is 0 Å². The minimum absolute atomic E-state index is 0.0463. The highest BCUT2D eigenvalue weighted by atomic mass is 32.2. The van der Waals surface area contributed by atoms with Gasteiger partial charge in [-0.2, -0.15) is 0 Å². The van der Waals surface area contributed by atoms with Gasteiger partial charge in [0.15, 0.2) is 0 Å². The molecule has 0 saturated carbocycles. The summed E-state index contributed by atoms with van der Waals surface area (Å²) in [5.41, 5.74) is 2.66. The predicted molar refractivity (Wildman–Crippen MR) is 114 cm³/mol. The van der Waals surface area contributed by atoms with Crippen LogP contribution in [0.25, 0.3) is 11.1 Å². The third-order valence-electron chi connectivity index (χ3n) is 4.06. The Hall–Kier alpha value is -2.84. The molecular formula is C20H20N2O4S2. The molecule has 0 radical (unpaired) electrons. The summed E-state index contributed by atoms with van der Waals surface area (Å²) in [7, 11) is -1.99. The lowest BCUT2D eigenvalue weighted by Crippen LogP contribution is -2.15. The van der Waals surface area contributed by atoms with Crippen molar-refractivity contribution in [2.45, 2.75) is 6.92 Å². The Morgan fingerprint density at radius 3 is 2.54 bits per heavy atom. The van der Waals surface area contributed by atoms with Crippen LogP contribution in [0.5, 0.6) is 5.75 Å². The first kappa shape index (κ1) is 19.9. The largest absolute Gasteiger partial charge is 0.494 e. The average Bonchev–Trinajstić information content (AvgIpc) is 3.19. The molecule has 0 bridgehead atoms.